The van der Waals surface area contributed by atoms with Crippen LogP contribution in [-0.2, 0) is 9.84 Å². The van der Waals surface area contributed by atoms with Crippen molar-refractivity contribution in [3.63, 3.8) is 0 Å². The van der Waals surface area contributed by atoms with E-state index < -0.39 is 9.84 Å². The highest BCUT2D eigenvalue weighted by Gasteiger charge is 2.27. The number of allylic oxidation sites excluding steroid dienone is 1. The van der Waals surface area contributed by atoms with Gasteiger partial charge in [-0.15, -0.1) is 0 Å². The first-order valence-electron chi connectivity index (χ1n) is 4.38. The van der Waals surface area contributed by atoms with Crippen LogP contribution >= 0.6 is 27.7 Å². The summed E-state index contributed by atoms with van der Waals surface area (Å²) < 4.78 is 22.6. The monoisotopic (exact) mass is 304 g/mol. The van der Waals surface area contributed by atoms with E-state index in [4.69, 9.17) is 0 Å². The smallest absolute Gasteiger partial charge is 0.173 e. The molecule has 0 fully saturated rings. The topological polar surface area (TPSA) is 34.1 Å². The van der Waals surface area contributed by atoms with Gasteiger partial charge in [-0.3, -0.25) is 0 Å². The number of hydrogen-bond donors (Lipinski definition) is 0. The maximum absolute atomic E-state index is 11.3. The van der Waals surface area contributed by atoms with Crippen molar-refractivity contribution in [1.82, 2.24) is 0 Å². The molecule has 0 N–H and O–H groups in total. The second kappa shape index (κ2) is 4.31. The summed E-state index contributed by atoms with van der Waals surface area (Å²) in [6.45, 7) is 0. The number of rotatable bonds is 2. The molecule has 0 aliphatic carbocycles. The highest BCUT2D eigenvalue weighted by molar-refractivity contribution is 9.09. The Kier molecular flexibility index (Phi) is 3.23. The maximum atomic E-state index is 11.3. The number of thioether (sulfide) groups is 1. The van der Waals surface area contributed by atoms with E-state index in [2.05, 4.69) is 15.9 Å². The molecule has 0 aromatic heterocycles. The molecule has 0 saturated heterocycles. The fourth-order valence-corrected chi connectivity index (χ4v) is 5.71. The summed E-state index contributed by atoms with van der Waals surface area (Å²) in [5, 5.41) is 1.37. The normalized spacial score (nSPS) is 23.8. The first-order valence-corrected chi connectivity index (χ1v) is 7.83. The Balaban J connectivity index is 2.21. The van der Waals surface area contributed by atoms with Gasteiger partial charge in [-0.05, 0) is 12.1 Å². The van der Waals surface area contributed by atoms with Crippen molar-refractivity contribution in [2.75, 3.05) is 5.75 Å². The van der Waals surface area contributed by atoms with Crippen LogP contribution in [0.5, 0.6) is 0 Å². The van der Waals surface area contributed by atoms with E-state index in [1.165, 1.54) is 17.2 Å². The molecule has 1 aromatic carbocycles. The summed E-state index contributed by atoms with van der Waals surface area (Å²) in [7, 11) is -2.99. The third-order valence-corrected chi connectivity index (χ3v) is 6.22. The Morgan fingerprint density at radius 3 is 2.47 bits per heavy atom. The molecule has 0 amide bonds. The van der Waals surface area contributed by atoms with E-state index in [0.717, 1.165) is 9.80 Å². The molecule has 1 aliphatic heterocycles. The Labute approximate surface area is 102 Å². The van der Waals surface area contributed by atoms with Crippen molar-refractivity contribution in [3.05, 3.63) is 40.6 Å². The van der Waals surface area contributed by atoms with Crippen molar-refractivity contribution in [2.45, 2.75) is 9.72 Å². The lowest BCUT2D eigenvalue weighted by molar-refractivity contribution is 0.607. The minimum atomic E-state index is -2.99. The van der Waals surface area contributed by atoms with Gasteiger partial charge in [0.05, 0.1) is 10.6 Å². The third kappa shape index (κ3) is 2.86. The molecule has 15 heavy (non-hydrogen) atoms. The van der Waals surface area contributed by atoms with Gasteiger partial charge in [0.15, 0.2) is 9.84 Å². The molecule has 0 spiro atoms. The zero-order valence-electron chi connectivity index (χ0n) is 7.76. The summed E-state index contributed by atoms with van der Waals surface area (Å²) in [5.74, 6) is 0.169. The van der Waals surface area contributed by atoms with Crippen LogP contribution < -0.4 is 0 Å². The third-order valence-electron chi connectivity index (χ3n) is 1.96. The number of benzene rings is 1. The molecule has 1 aliphatic rings. The molecule has 1 atom stereocenters. The molecule has 0 bridgehead atoms. The standard InChI is InChI=1S/C10H9BrO2S2/c11-9-6-15(12,13)7-10(9)14-8-4-2-1-3-5-8/h1-5,7,9H,6H2. The first kappa shape index (κ1) is 11.2. The number of alkyl halides is 1. The molecular weight excluding hydrogens is 296 g/mol. The summed E-state index contributed by atoms with van der Waals surface area (Å²) in [5.41, 5.74) is 0. The predicted octanol–water partition coefficient (Wildman–Crippen LogP) is 2.81. The highest BCUT2D eigenvalue weighted by atomic mass is 79.9. The Hall–Kier alpha value is -0.260. The van der Waals surface area contributed by atoms with Crippen molar-refractivity contribution in [2.24, 2.45) is 0 Å². The lowest BCUT2D eigenvalue weighted by Gasteiger charge is -2.04. The first-order chi connectivity index (χ1) is 7.07. The van der Waals surface area contributed by atoms with Crippen LogP contribution in [-0.4, -0.2) is 19.0 Å². The van der Waals surface area contributed by atoms with E-state index in [0.29, 0.717) is 0 Å². The van der Waals surface area contributed by atoms with Crippen LogP contribution in [0.4, 0.5) is 0 Å². The molecule has 0 saturated carbocycles. The van der Waals surface area contributed by atoms with E-state index in [9.17, 15) is 8.42 Å². The summed E-state index contributed by atoms with van der Waals surface area (Å²) >= 11 is 4.87. The Morgan fingerprint density at radius 2 is 1.93 bits per heavy atom. The SMILES string of the molecule is O=S1(=O)C=C(Sc2ccccc2)C(Br)C1. The second-order valence-corrected chi connectivity index (χ2v) is 7.38. The quantitative estimate of drug-likeness (QED) is 0.788. The van der Waals surface area contributed by atoms with Crippen LogP contribution in [0.3, 0.4) is 0 Å². The van der Waals surface area contributed by atoms with Gasteiger partial charge in [-0.25, -0.2) is 8.42 Å². The van der Waals surface area contributed by atoms with E-state index in [1.54, 1.807) is 0 Å². The summed E-state index contributed by atoms with van der Waals surface area (Å²) in [4.78, 5) is 1.86. The molecule has 1 aromatic rings. The van der Waals surface area contributed by atoms with Crippen molar-refractivity contribution in [3.8, 4) is 0 Å². The van der Waals surface area contributed by atoms with Crippen LogP contribution in [0, 0.1) is 0 Å². The molecule has 2 rings (SSSR count). The minimum absolute atomic E-state index is 0.0623. The van der Waals surface area contributed by atoms with E-state index >= 15 is 0 Å². The number of hydrogen-bond acceptors (Lipinski definition) is 3. The Bertz CT molecular complexity index is 479. The lowest BCUT2D eigenvalue weighted by Crippen LogP contribution is -2.04. The second-order valence-electron chi connectivity index (χ2n) is 3.23. The van der Waals surface area contributed by atoms with Crippen LogP contribution in [0.15, 0.2) is 45.5 Å². The zero-order chi connectivity index (χ0) is 10.9. The van der Waals surface area contributed by atoms with Crippen molar-refractivity contribution >= 4 is 37.5 Å². The Morgan fingerprint density at radius 1 is 1.27 bits per heavy atom. The van der Waals surface area contributed by atoms with Gasteiger partial charge in [0.2, 0.25) is 0 Å². The molecule has 1 heterocycles. The summed E-state index contributed by atoms with van der Waals surface area (Å²) in [6.07, 6.45) is 0. The molecule has 5 heteroatoms. The fourth-order valence-electron chi connectivity index (χ4n) is 1.30. The molecular formula is C10H9BrO2S2. The average Bonchev–Trinajstić information content (AvgIpc) is 2.41. The van der Waals surface area contributed by atoms with E-state index in [1.807, 2.05) is 30.3 Å². The van der Waals surface area contributed by atoms with Gasteiger partial charge in [0.25, 0.3) is 0 Å². The average molecular weight is 305 g/mol. The molecule has 2 nitrogen and oxygen atoms in total. The maximum Gasteiger partial charge on any atom is 0.173 e. The van der Waals surface area contributed by atoms with Gasteiger partial charge in [-0.2, -0.15) is 0 Å². The predicted molar refractivity (Wildman–Crippen MR) is 66.9 cm³/mol. The van der Waals surface area contributed by atoms with Crippen molar-refractivity contribution in [1.29, 1.82) is 0 Å². The highest BCUT2D eigenvalue weighted by Crippen LogP contribution is 2.37. The van der Waals surface area contributed by atoms with Crippen molar-refractivity contribution < 1.29 is 8.42 Å². The molecule has 1 unspecified atom stereocenters. The number of sulfone groups is 1. The van der Waals surface area contributed by atoms with Crippen LogP contribution in [0.1, 0.15) is 0 Å². The van der Waals surface area contributed by atoms with Gasteiger partial charge < -0.3 is 0 Å². The van der Waals surface area contributed by atoms with Gasteiger partial charge >= 0.3 is 0 Å². The molecule has 0 radical (unpaired) electrons. The lowest BCUT2D eigenvalue weighted by atomic mass is 10.4. The fraction of sp³-hybridized carbons (Fsp3) is 0.200. The minimum Gasteiger partial charge on any atom is -0.224 e. The van der Waals surface area contributed by atoms with Gasteiger partial charge in [-0.1, -0.05) is 45.9 Å². The van der Waals surface area contributed by atoms with Crippen LogP contribution in [0.25, 0.3) is 0 Å². The van der Waals surface area contributed by atoms with Gasteiger partial charge in [0, 0.05) is 15.2 Å². The zero-order valence-corrected chi connectivity index (χ0v) is 11.0. The van der Waals surface area contributed by atoms with Crippen LogP contribution in [0.2, 0.25) is 0 Å². The molecule has 80 valence electrons. The largest absolute Gasteiger partial charge is 0.224 e. The summed E-state index contributed by atoms with van der Waals surface area (Å²) in [6, 6.07) is 9.76. The number of halogens is 1. The van der Waals surface area contributed by atoms with E-state index in [-0.39, 0.29) is 10.6 Å². The van der Waals surface area contributed by atoms with Gasteiger partial charge in [0.1, 0.15) is 0 Å².